The van der Waals surface area contributed by atoms with Gasteiger partial charge in [0.15, 0.2) is 5.78 Å². The molecule has 0 saturated carbocycles. The molecular weight excluding hydrogens is 225 g/mol. The van der Waals surface area contributed by atoms with Crippen LogP contribution < -0.4 is 0 Å². The number of halogens is 1. The van der Waals surface area contributed by atoms with Crippen molar-refractivity contribution < 1.29 is 9.18 Å². The van der Waals surface area contributed by atoms with Crippen molar-refractivity contribution in [3.63, 3.8) is 0 Å². The molecule has 2 nitrogen and oxygen atoms in total. The summed E-state index contributed by atoms with van der Waals surface area (Å²) in [5, 5.41) is 2.77. The van der Waals surface area contributed by atoms with E-state index in [1.54, 1.807) is 18.3 Å². The van der Waals surface area contributed by atoms with Gasteiger partial charge >= 0.3 is 0 Å². The van der Waals surface area contributed by atoms with Crippen LogP contribution in [0.1, 0.15) is 21.8 Å². The van der Waals surface area contributed by atoms with E-state index in [1.165, 1.54) is 23.5 Å². The van der Waals surface area contributed by atoms with E-state index in [1.807, 2.05) is 5.38 Å². The molecule has 0 aliphatic carbocycles. The fraction of sp³-hybridized carbons (Fsp3) is 0.167. The van der Waals surface area contributed by atoms with Crippen LogP contribution in [0.4, 0.5) is 4.39 Å². The van der Waals surface area contributed by atoms with Gasteiger partial charge in [-0.2, -0.15) is 0 Å². The number of ketones is 1. The third kappa shape index (κ3) is 2.52. The first kappa shape index (κ1) is 11.0. The Morgan fingerprint density at radius 1 is 1.38 bits per heavy atom. The minimum absolute atomic E-state index is 0.166. The van der Waals surface area contributed by atoms with E-state index in [9.17, 15) is 9.18 Å². The molecule has 0 N–H and O–H groups in total. The number of benzene rings is 1. The molecule has 0 bridgehead atoms. The van der Waals surface area contributed by atoms with Crippen LogP contribution in [0.15, 0.2) is 35.8 Å². The molecule has 1 heterocycles. The van der Waals surface area contributed by atoms with Crippen LogP contribution in [0.3, 0.4) is 0 Å². The molecule has 0 spiro atoms. The number of nitrogens with zero attached hydrogens (tertiary/aromatic N) is 1. The lowest BCUT2D eigenvalue weighted by Crippen LogP contribution is -2.03. The fourth-order valence-corrected chi connectivity index (χ4v) is 2.04. The summed E-state index contributed by atoms with van der Waals surface area (Å²) in [7, 11) is 0. The van der Waals surface area contributed by atoms with E-state index >= 15 is 0 Å². The highest BCUT2D eigenvalue weighted by molar-refractivity contribution is 7.09. The number of hydrogen-bond donors (Lipinski definition) is 0. The largest absolute Gasteiger partial charge is 0.294 e. The van der Waals surface area contributed by atoms with Gasteiger partial charge in [-0.05, 0) is 12.1 Å². The fourth-order valence-electron chi connectivity index (χ4n) is 1.42. The molecule has 1 aromatic heterocycles. The van der Waals surface area contributed by atoms with Gasteiger partial charge in [0.2, 0.25) is 0 Å². The lowest BCUT2D eigenvalue weighted by Gasteiger charge is -2.00. The topological polar surface area (TPSA) is 30.0 Å². The summed E-state index contributed by atoms with van der Waals surface area (Å²) >= 11 is 1.51. The van der Waals surface area contributed by atoms with Gasteiger partial charge in [0.25, 0.3) is 0 Å². The number of thiazole rings is 1. The lowest BCUT2D eigenvalue weighted by molar-refractivity contribution is 0.0979. The van der Waals surface area contributed by atoms with Gasteiger partial charge in [-0.15, -0.1) is 11.3 Å². The van der Waals surface area contributed by atoms with Gasteiger partial charge < -0.3 is 0 Å². The van der Waals surface area contributed by atoms with E-state index in [2.05, 4.69) is 4.98 Å². The van der Waals surface area contributed by atoms with Crippen LogP contribution in [0.2, 0.25) is 0 Å². The van der Waals surface area contributed by atoms with Crippen molar-refractivity contribution in [3.05, 3.63) is 52.2 Å². The normalized spacial score (nSPS) is 10.3. The third-order valence-electron chi connectivity index (χ3n) is 2.22. The molecule has 4 heteroatoms. The van der Waals surface area contributed by atoms with Gasteiger partial charge in [0.1, 0.15) is 5.82 Å². The Labute approximate surface area is 96.8 Å². The van der Waals surface area contributed by atoms with Crippen molar-refractivity contribution >= 4 is 17.1 Å². The zero-order valence-electron chi connectivity index (χ0n) is 8.52. The smallest absolute Gasteiger partial charge is 0.166 e. The van der Waals surface area contributed by atoms with Crippen LogP contribution >= 0.6 is 11.3 Å². The van der Waals surface area contributed by atoms with Crippen molar-refractivity contribution in [1.82, 2.24) is 4.98 Å². The highest BCUT2D eigenvalue weighted by Crippen LogP contribution is 2.13. The number of aryl methyl sites for hydroxylation is 1. The zero-order chi connectivity index (χ0) is 11.4. The Balaban J connectivity index is 2.01. The van der Waals surface area contributed by atoms with Gasteiger partial charge in [-0.25, -0.2) is 9.37 Å². The van der Waals surface area contributed by atoms with Gasteiger partial charge in [-0.3, -0.25) is 4.79 Å². The molecule has 0 radical (unpaired) electrons. The summed E-state index contributed by atoms with van der Waals surface area (Å²) in [5.74, 6) is -0.625. The Morgan fingerprint density at radius 3 is 2.88 bits per heavy atom. The number of carbonyl (C=O) groups is 1. The summed E-state index contributed by atoms with van der Waals surface area (Å²) in [6.45, 7) is 0. The van der Waals surface area contributed by atoms with Crippen LogP contribution in [-0.4, -0.2) is 10.8 Å². The van der Waals surface area contributed by atoms with Crippen LogP contribution in [0.25, 0.3) is 0 Å². The second-order valence-electron chi connectivity index (χ2n) is 3.33. The van der Waals surface area contributed by atoms with Crippen molar-refractivity contribution in [2.24, 2.45) is 0 Å². The maximum Gasteiger partial charge on any atom is 0.166 e. The Kier molecular flexibility index (Phi) is 3.41. The predicted molar refractivity (Wildman–Crippen MR) is 61.2 cm³/mol. The van der Waals surface area contributed by atoms with E-state index in [4.69, 9.17) is 0 Å². The summed E-state index contributed by atoms with van der Waals surface area (Å²) in [5.41, 5.74) is 0.166. The lowest BCUT2D eigenvalue weighted by atomic mass is 10.1. The average Bonchev–Trinajstić information content (AvgIpc) is 2.79. The highest BCUT2D eigenvalue weighted by atomic mass is 32.1. The second kappa shape index (κ2) is 4.99. The number of aromatic nitrogens is 1. The summed E-state index contributed by atoms with van der Waals surface area (Å²) < 4.78 is 13.3. The first-order valence-corrected chi connectivity index (χ1v) is 5.81. The standard InChI is InChI=1S/C12H10FNOS/c13-10-4-2-1-3-9(10)11(15)5-6-12-14-7-8-16-12/h1-4,7-8H,5-6H2. The quantitative estimate of drug-likeness (QED) is 0.762. The van der Waals surface area contributed by atoms with Gasteiger partial charge in [-0.1, -0.05) is 12.1 Å². The predicted octanol–water partition coefficient (Wildman–Crippen LogP) is 3.10. The van der Waals surface area contributed by atoms with Crippen LogP contribution in [0.5, 0.6) is 0 Å². The van der Waals surface area contributed by atoms with E-state index < -0.39 is 5.82 Å². The molecule has 82 valence electrons. The Morgan fingerprint density at radius 2 is 2.19 bits per heavy atom. The SMILES string of the molecule is O=C(CCc1nccs1)c1ccccc1F. The summed E-state index contributed by atoms with van der Waals surface area (Å²) in [6.07, 6.45) is 2.58. The Bertz CT molecular complexity index is 482. The zero-order valence-corrected chi connectivity index (χ0v) is 9.34. The number of Topliss-reactive ketones (excluding diaryl/α,β-unsaturated/α-hetero) is 1. The third-order valence-corrected chi connectivity index (χ3v) is 3.06. The molecule has 2 rings (SSSR count). The van der Waals surface area contributed by atoms with Gasteiger partial charge in [0, 0.05) is 24.4 Å². The Hall–Kier alpha value is -1.55. The van der Waals surface area contributed by atoms with Crippen LogP contribution in [0, 0.1) is 5.82 Å². The summed E-state index contributed by atoms with van der Waals surface area (Å²) in [6, 6.07) is 6.06. The first-order chi connectivity index (χ1) is 7.77. The van der Waals surface area contributed by atoms with Crippen LogP contribution in [-0.2, 0) is 6.42 Å². The highest BCUT2D eigenvalue weighted by Gasteiger charge is 2.11. The molecule has 0 aliphatic rings. The van der Waals surface area contributed by atoms with Crippen molar-refractivity contribution in [1.29, 1.82) is 0 Å². The summed E-state index contributed by atoms with van der Waals surface area (Å²) in [4.78, 5) is 15.8. The number of rotatable bonds is 4. The average molecular weight is 235 g/mol. The second-order valence-corrected chi connectivity index (χ2v) is 4.31. The maximum absolute atomic E-state index is 13.3. The molecule has 0 unspecified atom stereocenters. The molecular formula is C12H10FNOS. The van der Waals surface area contributed by atoms with E-state index in [0.717, 1.165) is 5.01 Å². The monoisotopic (exact) mass is 235 g/mol. The minimum atomic E-state index is -0.452. The minimum Gasteiger partial charge on any atom is -0.294 e. The number of carbonyl (C=O) groups excluding carboxylic acids is 1. The van der Waals surface area contributed by atoms with Crippen molar-refractivity contribution in [2.75, 3.05) is 0 Å². The first-order valence-electron chi connectivity index (χ1n) is 4.93. The van der Waals surface area contributed by atoms with E-state index in [0.29, 0.717) is 12.8 Å². The van der Waals surface area contributed by atoms with Gasteiger partial charge in [0.05, 0.1) is 10.6 Å². The molecule has 0 amide bonds. The van der Waals surface area contributed by atoms with Crippen molar-refractivity contribution in [2.45, 2.75) is 12.8 Å². The molecule has 0 atom stereocenters. The molecule has 0 saturated heterocycles. The molecule has 2 aromatic rings. The number of hydrogen-bond acceptors (Lipinski definition) is 3. The molecule has 0 aliphatic heterocycles. The molecule has 0 fully saturated rings. The molecule has 16 heavy (non-hydrogen) atoms. The molecule has 1 aromatic carbocycles. The maximum atomic E-state index is 13.3. The van der Waals surface area contributed by atoms with E-state index in [-0.39, 0.29) is 11.3 Å². The van der Waals surface area contributed by atoms with Crippen molar-refractivity contribution in [3.8, 4) is 0 Å².